The summed E-state index contributed by atoms with van der Waals surface area (Å²) in [6, 6.07) is 10.5. The van der Waals surface area contributed by atoms with E-state index in [-0.39, 0.29) is 13.0 Å². The highest BCUT2D eigenvalue weighted by Gasteiger charge is 1.97. The molecule has 0 saturated heterocycles. The van der Waals surface area contributed by atoms with Crippen LogP contribution in [0.25, 0.3) is 0 Å². The summed E-state index contributed by atoms with van der Waals surface area (Å²) in [4.78, 5) is 9.68. The van der Waals surface area contributed by atoms with E-state index in [0.717, 1.165) is 10.9 Å². The van der Waals surface area contributed by atoms with Gasteiger partial charge in [-0.25, -0.2) is 0 Å². The summed E-state index contributed by atoms with van der Waals surface area (Å²) in [5.74, 6) is -1.06. The van der Waals surface area contributed by atoms with E-state index >= 15 is 0 Å². The van der Waals surface area contributed by atoms with Crippen molar-refractivity contribution in [1.29, 1.82) is 0 Å². The summed E-state index contributed by atoms with van der Waals surface area (Å²) < 4.78 is 5.79. The fraction of sp³-hybridized carbons (Fsp3) is 0.611. The number of hydrogen-bond acceptors (Lipinski definition) is 3. The van der Waals surface area contributed by atoms with Crippen molar-refractivity contribution < 1.29 is 19.1 Å². The first kappa shape index (κ1) is 22.9. The number of rotatable bonds is 6. The van der Waals surface area contributed by atoms with Gasteiger partial charge in [0.25, 0.3) is 0 Å². The SMILES string of the molecule is CCOCCC(=O)[O-].CC[N+](C)(C)C.CCc1ccccc1. The molecule has 1 rings (SSSR count). The Labute approximate surface area is 136 Å². The molecule has 4 nitrogen and oxygen atoms in total. The Morgan fingerprint density at radius 2 is 1.59 bits per heavy atom. The lowest BCUT2D eigenvalue weighted by molar-refractivity contribution is -0.868. The molecule has 0 atom stereocenters. The van der Waals surface area contributed by atoms with Crippen molar-refractivity contribution in [2.75, 3.05) is 40.9 Å². The van der Waals surface area contributed by atoms with Gasteiger partial charge >= 0.3 is 0 Å². The smallest absolute Gasteiger partial charge is 0.0751 e. The standard InChI is InChI=1S/C8H10.C5H14N.C5H10O3/c1-2-8-6-4-3-5-7-8;1-5-6(2,3)4;1-2-8-4-3-5(6)7/h3-7H,2H2,1H3;5H2,1-4H3;2-4H2,1H3,(H,6,7)/q;+1;/p-1. The Bertz CT molecular complexity index is 358. The molecular formula is C18H33NO3. The minimum Gasteiger partial charge on any atom is -0.550 e. The molecule has 0 aromatic heterocycles. The predicted molar refractivity (Wildman–Crippen MR) is 90.5 cm³/mol. The molecule has 0 unspecified atom stereocenters. The topological polar surface area (TPSA) is 49.4 Å². The zero-order chi connectivity index (χ0) is 17.4. The molecule has 128 valence electrons. The van der Waals surface area contributed by atoms with Gasteiger partial charge in [-0.1, -0.05) is 37.3 Å². The van der Waals surface area contributed by atoms with Gasteiger partial charge in [0.05, 0.1) is 34.3 Å². The van der Waals surface area contributed by atoms with Gasteiger partial charge in [-0.2, -0.15) is 0 Å². The second-order valence-corrected chi connectivity index (χ2v) is 5.76. The number of benzene rings is 1. The average Bonchev–Trinajstić information content (AvgIpc) is 2.48. The van der Waals surface area contributed by atoms with E-state index in [9.17, 15) is 9.90 Å². The molecule has 0 aliphatic heterocycles. The number of aliphatic carboxylic acids is 1. The number of carboxylic acids is 1. The van der Waals surface area contributed by atoms with Crippen molar-refractivity contribution >= 4 is 5.97 Å². The summed E-state index contributed by atoms with van der Waals surface area (Å²) in [6.45, 7) is 8.19. The van der Waals surface area contributed by atoms with Crippen LogP contribution in [0.2, 0.25) is 0 Å². The molecule has 22 heavy (non-hydrogen) atoms. The number of carbonyl (C=O) groups excluding carboxylic acids is 1. The third-order valence-corrected chi connectivity index (χ3v) is 2.85. The lowest BCUT2D eigenvalue weighted by Gasteiger charge is -2.20. The average molecular weight is 311 g/mol. The molecule has 1 aromatic rings. The molecule has 0 fully saturated rings. The Morgan fingerprint density at radius 1 is 1.09 bits per heavy atom. The molecule has 0 N–H and O–H groups in total. The van der Waals surface area contributed by atoms with Crippen LogP contribution < -0.4 is 5.11 Å². The summed E-state index contributed by atoms with van der Waals surface area (Å²) in [5.41, 5.74) is 1.41. The highest BCUT2D eigenvalue weighted by molar-refractivity contribution is 5.64. The highest BCUT2D eigenvalue weighted by atomic mass is 16.5. The van der Waals surface area contributed by atoms with Crippen LogP contribution in [0.1, 0.15) is 32.8 Å². The number of aryl methyl sites for hydroxylation is 1. The van der Waals surface area contributed by atoms with Gasteiger partial charge in [0.1, 0.15) is 0 Å². The van der Waals surface area contributed by atoms with Crippen LogP contribution >= 0.6 is 0 Å². The maximum atomic E-state index is 9.68. The number of nitrogens with zero attached hydrogens (tertiary/aromatic N) is 1. The fourth-order valence-corrected chi connectivity index (χ4v) is 1.01. The fourth-order valence-electron chi connectivity index (χ4n) is 1.01. The van der Waals surface area contributed by atoms with E-state index in [2.05, 4.69) is 59.3 Å². The van der Waals surface area contributed by atoms with Crippen LogP contribution in [-0.2, 0) is 16.0 Å². The third kappa shape index (κ3) is 20.9. The van der Waals surface area contributed by atoms with Crippen LogP contribution in [0.5, 0.6) is 0 Å². The normalized spacial score (nSPS) is 9.91. The molecule has 0 spiro atoms. The largest absolute Gasteiger partial charge is 0.550 e. The minimum absolute atomic E-state index is 0.00611. The summed E-state index contributed by atoms with van der Waals surface area (Å²) >= 11 is 0. The Morgan fingerprint density at radius 3 is 1.86 bits per heavy atom. The van der Waals surface area contributed by atoms with Crippen molar-refractivity contribution in [2.45, 2.75) is 33.6 Å². The van der Waals surface area contributed by atoms with Gasteiger partial charge in [-0.3, -0.25) is 0 Å². The molecule has 0 bridgehead atoms. The quantitative estimate of drug-likeness (QED) is 0.597. The van der Waals surface area contributed by atoms with E-state index in [0.29, 0.717) is 6.61 Å². The van der Waals surface area contributed by atoms with E-state index in [1.807, 2.05) is 13.0 Å². The van der Waals surface area contributed by atoms with Crippen molar-refractivity contribution in [1.82, 2.24) is 0 Å². The van der Waals surface area contributed by atoms with E-state index < -0.39 is 5.97 Å². The zero-order valence-corrected chi connectivity index (χ0v) is 15.1. The molecule has 0 radical (unpaired) electrons. The lowest BCUT2D eigenvalue weighted by Crippen LogP contribution is -2.33. The monoisotopic (exact) mass is 311 g/mol. The molecular weight excluding hydrogens is 278 g/mol. The van der Waals surface area contributed by atoms with Crippen molar-refractivity contribution in [3.63, 3.8) is 0 Å². The van der Waals surface area contributed by atoms with Gasteiger partial charge in [0.15, 0.2) is 0 Å². The van der Waals surface area contributed by atoms with Gasteiger partial charge in [-0.15, -0.1) is 0 Å². The van der Waals surface area contributed by atoms with E-state index in [4.69, 9.17) is 4.74 Å². The first-order valence-electron chi connectivity index (χ1n) is 7.88. The van der Waals surface area contributed by atoms with Crippen LogP contribution in [0.4, 0.5) is 0 Å². The summed E-state index contributed by atoms with van der Waals surface area (Å²) in [5, 5.41) is 9.68. The second-order valence-electron chi connectivity index (χ2n) is 5.76. The third-order valence-electron chi connectivity index (χ3n) is 2.85. The van der Waals surface area contributed by atoms with Crippen molar-refractivity contribution in [2.24, 2.45) is 0 Å². The Balaban J connectivity index is 0. The number of carboxylic acid groups (broad SMARTS) is 1. The van der Waals surface area contributed by atoms with Crippen molar-refractivity contribution in [3.8, 4) is 0 Å². The van der Waals surface area contributed by atoms with Crippen molar-refractivity contribution in [3.05, 3.63) is 35.9 Å². The second kappa shape index (κ2) is 14.5. The highest BCUT2D eigenvalue weighted by Crippen LogP contribution is 1.96. The number of ether oxygens (including phenoxy) is 1. The van der Waals surface area contributed by atoms with Crippen LogP contribution in [0, 0.1) is 0 Å². The maximum Gasteiger partial charge on any atom is 0.0751 e. The van der Waals surface area contributed by atoms with E-state index in [1.54, 1.807) is 0 Å². The van der Waals surface area contributed by atoms with Crippen LogP contribution in [0.3, 0.4) is 0 Å². The summed E-state index contributed by atoms with van der Waals surface area (Å²) in [7, 11) is 6.54. The first-order chi connectivity index (χ1) is 10.3. The molecule has 1 aromatic carbocycles. The predicted octanol–water partition coefficient (Wildman–Crippen LogP) is 2.12. The van der Waals surface area contributed by atoms with E-state index in [1.165, 1.54) is 12.1 Å². The van der Waals surface area contributed by atoms with Crippen LogP contribution in [-0.4, -0.2) is 51.4 Å². The minimum atomic E-state index is -1.06. The number of quaternary nitrogens is 1. The van der Waals surface area contributed by atoms with Gasteiger partial charge in [0.2, 0.25) is 0 Å². The first-order valence-corrected chi connectivity index (χ1v) is 7.88. The van der Waals surface area contributed by atoms with Gasteiger partial charge in [-0.05, 0) is 25.8 Å². The lowest BCUT2D eigenvalue weighted by atomic mass is 10.2. The molecule has 0 saturated carbocycles. The zero-order valence-electron chi connectivity index (χ0n) is 15.1. The number of hydrogen-bond donors (Lipinski definition) is 0. The van der Waals surface area contributed by atoms with Crippen LogP contribution in [0.15, 0.2) is 30.3 Å². The maximum absolute atomic E-state index is 9.68. The van der Waals surface area contributed by atoms with Gasteiger partial charge < -0.3 is 19.1 Å². The molecule has 0 aliphatic carbocycles. The molecule has 0 heterocycles. The Hall–Kier alpha value is -1.39. The molecule has 0 amide bonds. The summed E-state index contributed by atoms with van der Waals surface area (Å²) in [6.07, 6.45) is 1.13. The number of carbonyl (C=O) groups is 1. The van der Waals surface area contributed by atoms with Gasteiger partial charge in [0, 0.05) is 19.0 Å². The molecule has 4 heteroatoms. The Kier molecular flexibility index (Phi) is 15.1. The molecule has 0 aliphatic rings.